The van der Waals surface area contributed by atoms with E-state index in [0.717, 1.165) is 18.2 Å². The third-order valence-electron chi connectivity index (χ3n) is 3.93. The maximum Gasteiger partial charge on any atom is 0.321 e. The van der Waals surface area contributed by atoms with Crippen LogP contribution < -0.4 is 16.2 Å². The first-order valence-corrected chi connectivity index (χ1v) is 10.0. The van der Waals surface area contributed by atoms with E-state index in [4.69, 9.17) is 0 Å². The van der Waals surface area contributed by atoms with Crippen LogP contribution >= 0.6 is 11.8 Å². The highest BCUT2D eigenvalue weighted by Crippen LogP contribution is 2.21. The molecule has 9 nitrogen and oxygen atoms in total. The number of amides is 3. The van der Waals surface area contributed by atoms with Crippen molar-refractivity contribution in [1.82, 2.24) is 29.8 Å². The van der Waals surface area contributed by atoms with Crippen LogP contribution in [-0.4, -0.2) is 42.9 Å². The lowest BCUT2D eigenvalue weighted by atomic mass is 10.2. The number of benzene rings is 1. The SMILES string of the molecule is CCCn1c(=O)c2ccccc2n2c(SCC(=O)NC(=O)NC(C)C)nnc12. The molecule has 0 spiro atoms. The number of carbonyl (C=O) groups excluding carboxylic acids is 2. The molecule has 0 unspecified atom stereocenters. The van der Waals surface area contributed by atoms with Crippen LogP contribution in [-0.2, 0) is 11.3 Å². The number of urea groups is 1. The molecule has 0 aliphatic carbocycles. The van der Waals surface area contributed by atoms with Gasteiger partial charge in [0.1, 0.15) is 0 Å². The molecule has 0 saturated heterocycles. The van der Waals surface area contributed by atoms with E-state index >= 15 is 0 Å². The summed E-state index contributed by atoms with van der Waals surface area (Å²) in [5, 5.41) is 14.3. The Morgan fingerprint density at radius 2 is 1.96 bits per heavy atom. The smallest absolute Gasteiger partial charge is 0.321 e. The van der Waals surface area contributed by atoms with Gasteiger partial charge in [0.2, 0.25) is 11.7 Å². The van der Waals surface area contributed by atoms with Crippen molar-refractivity contribution in [3.8, 4) is 0 Å². The number of nitrogens with one attached hydrogen (secondary N) is 2. The van der Waals surface area contributed by atoms with E-state index in [1.165, 1.54) is 0 Å². The molecule has 10 heteroatoms. The number of aryl methyl sites for hydroxylation is 1. The summed E-state index contributed by atoms with van der Waals surface area (Å²) in [7, 11) is 0. The Labute approximate surface area is 165 Å². The number of hydrogen-bond acceptors (Lipinski definition) is 6. The van der Waals surface area contributed by atoms with E-state index in [2.05, 4.69) is 20.8 Å². The summed E-state index contributed by atoms with van der Waals surface area (Å²) in [6.07, 6.45) is 0.774. The zero-order valence-electron chi connectivity index (χ0n) is 15.9. The van der Waals surface area contributed by atoms with Gasteiger partial charge in [-0.25, -0.2) is 4.79 Å². The minimum atomic E-state index is -0.533. The average Bonchev–Trinajstić information content (AvgIpc) is 3.06. The fourth-order valence-electron chi connectivity index (χ4n) is 2.84. The Morgan fingerprint density at radius 3 is 2.68 bits per heavy atom. The lowest BCUT2D eigenvalue weighted by Crippen LogP contribution is -2.43. The van der Waals surface area contributed by atoms with E-state index in [1.807, 2.05) is 39.0 Å². The van der Waals surface area contributed by atoms with Gasteiger partial charge in [0, 0.05) is 12.6 Å². The Morgan fingerprint density at radius 1 is 1.21 bits per heavy atom. The van der Waals surface area contributed by atoms with Gasteiger partial charge in [0.05, 0.1) is 16.7 Å². The molecule has 28 heavy (non-hydrogen) atoms. The van der Waals surface area contributed by atoms with Gasteiger partial charge in [-0.15, -0.1) is 10.2 Å². The second-order valence-corrected chi connectivity index (χ2v) is 7.50. The Kier molecular flexibility index (Phi) is 5.98. The summed E-state index contributed by atoms with van der Waals surface area (Å²) < 4.78 is 3.37. The normalized spacial score (nSPS) is 11.3. The third-order valence-corrected chi connectivity index (χ3v) is 4.86. The minimum absolute atomic E-state index is 0.00641. The molecular weight excluding hydrogens is 380 g/mol. The van der Waals surface area contributed by atoms with Crippen molar-refractivity contribution in [2.24, 2.45) is 0 Å². The Hall–Kier alpha value is -2.88. The number of para-hydroxylation sites is 1. The predicted octanol–water partition coefficient (Wildman–Crippen LogP) is 1.78. The van der Waals surface area contributed by atoms with E-state index in [9.17, 15) is 14.4 Å². The molecule has 1 aromatic carbocycles. The average molecular weight is 402 g/mol. The molecule has 2 aromatic heterocycles. The van der Waals surface area contributed by atoms with Gasteiger partial charge in [0.15, 0.2) is 5.16 Å². The summed E-state index contributed by atoms with van der Waals surface area (Å²) in [4.78, 5) is 36.5. The van der Waals surface area contributed by atoms with Crippen molar-refractivity contribution in [1.29, 1.82) is 0 Å². The molecule has 148 valence electrons. The monoisotopic (exact) mass is 402 g/mol. The maximum atomic E-state index is 12.8. The molecule has 0 fully saturated rings. The number of fused-ring (bicyclic) bond motifs is 3. The second kappa shape index (κ2) is 8.42. The molecule has 2 heterocycles. The quantitative estimate of drug-likeness (QED) is 0.608. The fourth-order valence-corrected chi connectivity index (χ4v) is 3.58. The molecule has 0 atom stereocenters. The number of nitrogens with zero attached hydrogens (tertiary/aromatic N) is 4. The maximum absolute atomic E-state index is 12.8. The van der Waals surface area contributed by atoms with Crippen molar-refractivity contribution in [3.05, 3.63) is 34.6 Å². The topological polar surface area (TPSA) is 110 Å². The van der Waals surface area contributed by atoms with Crippen molar-refractivity contribution >= 4 is 40.4 Å². The van der Waals surface area contributed by atoms with Crippen LogP contribution in [0, 0.1) is 0 Å². The minimum Gasteiger partial charge on any atom is -0.336 e. The zero-order chi connectivity index (χ0) is 20.3. The van der Waals surface area contributed by atoms with Crippen LogP contribution in [0.1, 0.15) is 27.2 Å². The van der Waals surface area contributed by atoms with E-state index < -0.39 is 11.9 Å². The molecule has 3 rings (SSSR count). The molecular formula is C18H22N6O3S. The van der Waals surface area contributed by atoms with Crippen molar-refractivity contribution in [3.63, 3.8) is 0 Å². The van der Waals surface area contributed by atoms with E-state index in [0.29, 0.717) is 28.4 Å². The molecule has 3 amide bonds. The van der Waals surface area contributed by atoms with Crippen LogP contribution in [0.15, 0.2) is 34.2 Å². The zero-order valence-corrected chi connectivity index (χ0v) is 16.7. The van der Waals surface area contributed by atoms with Gasteiger partial charge in [-0.2, -0.15) is 0 Å². The molecule has 3 aromatic rings. The van der Waals surface area contributed by atoms with Gasteiger partial charge in [-0.05, 0) is 32.4 Å². The van der Waals surface area contributed by atoms with Gasteiger partial charge >= 0.3 is 6.03 Å². The van der Waals surface area contributed by atoms with Crippen LogP contribution in [0.3, 0.4) is 0 Å². The van der Waals surface area contributed by atoms with E-state index in [-0.39, 0.29) is 17.4 Å². The van der Waals surface area contributed by atoms with Crippen LogP contribution in [0.5, 0.6) is 0 Å². The number of imide groups is 1. The number of aromatic nitrogens is 4. The molecule has 2 N–H and O–H groups in total. The Bertz CT molecular complexity index is 1090. The number of carbonyl (C=O) groups is 2. The van der Waals surface area contributed by atoms with Crippen LogP contribution in [0.2, 0.25) is 0 Å². The van der Waals surface area contributed by atoms with Crippen molar-refractivity contribution < 1.29 is 9.59 Å². The highest BCUT2D eigenvalue weighted by Gasteiger charge is 2.17. The van der Waals surface area contributed by atoms with Gasteiger partial charge < -0.3 is 5.32 Å². The van der Waals surface area contributed by atoms with Crippen LogP contribution in [0.4, 0.5) is 4.79 Å². The number of rotatable bonds is 6. The molecule has 0 radical (unpaired) electrons. The van der Waals surface area contributed by atoms with E-state index in [1.54, 1.807) is 15.0 Å². The summed E-state index contributed by atoms with van der Waals surface area (Å²) in [6, 6.07) is 6.63. The lowest BCUT2D eigenvalue weighted by molar-refractivity contribution is -0.117. The van der Waals surface area contributed by atoms with Gasteiger partial charge in [-0.1, -0.05) is 30.8 Å². The first-order valence-electron chi connectivity index (χ1n) is 9.02. The van der Waals surface area contributed by atoms with Gasteiger partial charge in [-0.3, -0.25) is 23.9 Å². The summed E-state index contributed by atoms with van der Waals surface area (Å²) >= 11 is 1.15. The Balaban J connectivity index is 1.92. The first kappa shape index (κ1) is 19.9. The van der Waals surface area contributed by atoms with Gasteiger partial charge in [0.25, 0.3) is 5.56 Å². The molecule has 0 saturated carbocycles. The molecule has 0 bridgehead atoms. The fraction of sp³-hybridized carbons (Fsp3) is 0.389. The standard InChI is InChI=1S/C18H22N6O3S/c1-4-9-23-15(26)12-7-5-6-8-13(12)24-17(23)21-22-18(24)28-10-14(25)20-16(27)19-11(2)3/h5-8,11H,4,9-10H2,1-3H3,(H2,19,20,25,27). The third kappa shape index (κ3) is 4.01. The van der Waals surface area contributed by atoms with Crippen molar-refractivity contribution in [2.45, 2.75) is 44.9 Å². The van der Waals surface area contributed by atoms with Crippen LogP contribution in [0.25, 0.3) is 16.7 Å². The second-order valence-electron chi connectivity index (χ2n) is 6.56. The lowest BCUT2D eigenvalue weighted by Gasteiger charge is -2.10. The summed E-state index contributed by atoms with van der Waals surface area (Å²) in [6.45, 7) is 6.12. The summed E-state index contributed by atoms with van der Waals surface area (Å²) in [5.74, 6) is -0.00910. The highest BCUT2D eigenvalue weighted by molar-refractivity contribution is 7.99. The summed E-state index contributed by atoms with van der Waals surface area (Å²) in [5.41, 5.74) is 0.567. The van der Waals surface area contributed by atoms with Crippen molar-refractivity contribution in [2.75, 3.05) is 5.75 Å². The number of hydrogen-bond donors (Lipinski definition) is 2. The largest absolute Gasteiger partial charge is 0.336 e. The molecule has 0 aliphatic rings. The highest BCUT2D eigenvalue weighted by atomic mass is 32.2. The first-order chi connectivity index (χ1) is 13.4. The molecule has 0 aliphatic heterocycles. The predicted molar refractivity (Wildman–Crippen MR) is 108 cm³/mol. The number of thioether (sulfide) groups is 1.